The van der Waals surface area contributed by atoms with Crippen molar-refractivity contribution in [2.24, 2.45) is 0 Å². The monoisotopic (exact) mass is 227 g/mol. The van der Waals surface area contributed by atoms with E-state index < -0.39 is 23.1 Å². The molecule has 0 radical (unpaired) electrons. The van der Waals surface area contributed by atoms with Crippen molar-refractivity contribution in [3.63, 3.8) is 0 Å². The zero-order valence-electron chi connectivity index (χ0n) is 9.39. The minimum absolute atomic E-state index is 0.0866. The Morgan fingerprint density at radius 2 is 1.94 bits per heavy atom. The number of benzene rings is 1. The summed E-state index contributed by atoms with van der Waals surface area (Å²) in [6.07, 6.45) is 1.68. The molecule has 16 heavy (non-hydrogen) atoms. The van der Waals surface area contributed by atoms with Gasteiger partial charge in [0.2, 0.25) is 0 Å². The number of hydrogen-bond donors (Lipinski definition) is 1. The van der Waals surface area contributed by atoms with E-state index in [1.54, 1.807) is 6.92 Å². The van der Waals surface area contributed by atoms with Crippen LogP contribution >= 0.6 is 0 Å². The highest BCUT2D eigenvalue weighted by Crippen LogP contribution is 2.12. The first kappa shape index (κ1) is 12.6. The van der Waals surface area contributed by atoms with Gasteiger partial charge in [-0.25, -0.2) is 8.78 Å². The number of nitrogens with one attached hydrogen (secondary N) is 1. The summed E-state index contributed by atoms with van der Waals surface area (Å²) in [5.41, 5.74) is -0.509. The van der Waals surface area contributed by atoms with Crippen LogP contribution in [-0.4, -0.2) is 11.9 Å². The van der Waals surface area contributed by atoms with Crippen LogP contribution in [0.1, 0.15) is 37.0 Å². The van der Waals surface area contributed by atoms with Crippen LogP contribution in [0, 0.1) is 11.6 Å². The molecule has 0 aliphatic carbocycles. The molecule has 0 spiro atoms. The van der Waals surface area contributed by atoms with Crippen molar-refractivity contribution in [1.29, 1.82) is 0 Å². The third-order valence-corrected chi connectivity index (χ3v) is 2.29. The standard InChI is InChI=1S/C12H15F2NO/c1-3-5-8(2)15-12(16)11-9(13)6-4-7-10(11)14/h4,6-8H,3,5H2,1-2H3,(H,15,16). The molecule has 1 amide bonds. The van der Waals surface area contributed by atoms with Crippen molar-refractivity contribution in [3.8, 4) is 0 Å². The molecule has 0 saturated carbocycles. The Morgan fingerprint density at radius 1 is 1.38 bits per heavy atom. The average Bonchev–Trinajstić information content (AvgIpc) is 2.17. The lowest BCUT2D eigenvalue weighted by molar-refractivity contribution is 0.0930. The van der Waals surface area contributed by atoms with Gasteiger partial charge < -0.3 is 5.32 Å². The maximum Gasteiger partial charge on any atom is 0.257 e. The van der Waals surface area contributed by atoms with E-state index in [4.69, 9.17) is 0 Å². The van der Waals surface area contributed by atoms with Gasteiger partial charge in [0.25, 0.3) is 5.91 Å². The van der Waals surface area contributed by atoms with E-state index in [1.807, 2.05) is 6.92 Å². The molecule has 2 nitrogen and oxygen atoms in total. The Balaban J connectivity index is 2.80. The molecule has 1 unspecified atom stereocenters. The van der Waals surface area contributed by atoms with E-state index in [1.165, 1.54) is 6.07 Å². The largest absolute Gasteiger partial charge is 0.349 e. The van der Waals surface area contributed by atoms with Crippen LogP contribution < -0.4 is 5.32 Å². The van der Waals surface area contributed by atoms with Crippen molar-refractivity contribution in [1.82, 2.24) is 5.32 Å². The Labute approximate surface area is 93.7 Å². The second-order valence-corrected chi connectivity index (χ2v) is 3.76. The lowest BCUT2D eigenvalue weighted by Gasteiger charge is -2.13. The van der Waals surface area contributed by atoms with Gasteiger partial charge in [0.1, 0.15) is 17.2 Å². The summed E-state index contributed by atoms with van der Waals surface area (Å²) in [6, 6.07) is 3.29. The zero-order chi connectivity index (χ0) is 12.1. The van der Waals surface area contributed by atoms with Gasteiger partial charge >= 0.3 is 0 Å². The second kappa shape index (κ2) is 5.58. The van der Waals surface area contributed by atoms with Crippen LogP contribution in [-0.2, 0) is 0 Å². The van der Waals surface area contributed by atoms with Crippen LogP contribution in [0.3, 0.4) is 0 Å². The Morgan fingerprint density at radius 3 is 2.44 bits per heavy atom. The molecule has 0 aliphatic heterocycles. The van der Waals surface area contributed by atoms with E-state index in [0.29, 0.717) is 0 Å². The van der Waals surface area contributed by atoms with Gasteiger partial charge in [0.15, 0.2) is 0 Å². The lowest BCUT2D eigenvalue weighted by atomic mass is 10.1. The highest BCUT2D eigenvalue weighted by atomic mass is 19.1. The number of carbonyl (C=O) groups excluding carboxylic acids is 1. The van der Waals surface area contributed by atoms with Crippen molar-refractivity contribution in [3.05, 3.63) is 35.4 Å². The molecule has 0 heterocycles. The molecule has 0 saturated heterocycles. The first-order valence-corrected chi connectivity index (χ1v) is 5.31. The molecule has 0 fully saturated rings. The highest BCUT2D eigenvalue weighted by molar-refractivity contribution is 5.94. The van der Waals surface area contributed by atoms with Gasteiger partial charge in [-0.05, 0) is 25.5 Å². The molecule has 1 rings (SSSR count). The fourth-order valence-electron chi connectivity index (χ4n) is 1.52. The van der Waals surface area contributed by atoms with Crippen LogP contribution in [0.25, 0.3) is 0 Å². The first-order chi connectivity index (χ1) is 7.56. The zero-order valence-corrected chi connectivity index (χ0v) is 9.39. The molecule has 0 bridgehead atoms. The first-order valence-electron chi connectivity index (χ1n) is 5.31. The van der Waals surface area contributed by atoms with E-state index in [0.717, 1.165) is 25.0 Å². The normalized spacial score (nSPS) is 12.2. The number of halogens is 2. The van der Waals surface area contributed by atoms with Crippen LogP contribution in [0.4, 0.5) is 8.78 Å². The van der Waals surface area contributed by atoms with E-state index >= 15 is 0 Å². The quantitative estimate of drug-likeness (QED) is 0.841. The molecule has 88 valence electrons. The van der Waals surface area contributed by atoms with Crippen molar-refractivity contribution in [2.75, 3.05) is 0 Å². The summed E-state index contributed by atoms with van der Waals surface area (Å²) in [4.78, 5) is 11.6. The Hall–Kier alpha value is -1.45. The molecule has 1 aromatic rings. The fourth-order valence-corrected chi connectivity index (χ4v) is 1.52. The number of rotatable bonds is 4. The summed E-state index contributed by atoms with van der Waals surface area (Å²) in [5, 5.41) is 2.56. The number of carbonyl (C=O) groups is 1. The summed E-state index contributed by atoms with van der Waals surface area (Å²) in [7, 11) is 0. The fraction of sp³-hybridized carbons (Fsp3) is 0.417. The van der Waals surface area contributed by atoms with Crippen LogP contribution in [0.15, 0.2) is 18.2 Å². The Bertz CT molecular complexity index is 359. The summed E-state index contributed by atoms with van der Waals surface area (Å²) in [5.74, 6) is -2.36. The summed E-state index contributed by atoms with van der Waals surface area (Å²) in [6.45, 7) is 3.78. The lowest BCUT2D eigenvalue weighted by Crippen LogP contribution is -2.33. The molecule has 1 N–H and O–H groups in total. The molecule has 1 atom stereocenters. The summed E-state index contributed by atoms with van der Waals surface area (Å²) < 4.78 is 26.5. The third-order valence-electron chi connectivity index (χ3n) is 2.29. The van der Waals surface area contributed by atoms with Crippen LogP contribution in [0.2, 0.25) is 0 Å². The molecule has 0 aliphatic rings. The van der Waals surface area contributed by atoms with Gasteiger partial charge in [-0.1, -0.05) is 19.4 Å². The maximum absolute atomic E-state index is 13.2. The van der Waals surface area contributed by atoms with Crippen molar-refractivity contribution >= 4 is 5.91 Å². The molecular weight excluding hydrogens is 212 g/mol. The van der Waals surface area contributed by atoms with Gasteiger partial charge in [-0.15, -0.1) is 0 Å². The maximum atomic E-state index is 13.2. The Kier molecular flexibility index (Phi) is 4.40. The van der Waals surface area contributed by atoms with E-state index in [2.05, 4.69) is 5.32 Å². The van der Waals surface area contributed by atoms with Gasteiger partial charge in [-0.2, -0.15) is 0 Å². The number of amides is 1. The number of hydrogen-bond acceptors (Lipinski definition) is 1. The van der Waals surface area contributed by atoms with Gasteiger partial charge in [-0.3, -0.25) is 4.79 Å². The second-order valence-electron chi connectivity index (χ2n) is 3.76. The van der Waals surface area contributed by atoms with Crippen molar-refractivity contribution in [2.45, 2.75) is 32.7 Å². The third kappa shape index (κ3) is 3.02. The smallest absolute Gasteiger partial charge is 0.257 e. The van der Waals surface area contributed by atoms with Gasteiger partial charge in [0, 0.05) is 6.04 Å². The minimum atomic E-state index is -0.832. The van der Waals surface area contributed by atoms with Gasteiger partial charge in [0.05, 0.1) is 0 Å². The van der Waals surface area contributed by atoms with E-state index in [-0.39, 0.29) is 6.04 Å². The van der Waals surface area contributed by atoms with E-state index in [9.17, 15) is 13.6 Å². The van der Waals surface area contributed by atoms with Crippen LogP contribution in [0.5, 0.6) is 0 Å². The highest BCUT2D eigenvalue weighted by Gasteiger charge is 2.17. The topological polar surface area (TPSA) is 29.1 Å². The molecule has 1 aromatic carbocycles. The average molecular weight is 227 g/mol. The predicted octanol–water partition coefficient (Wildman–Crippen LogP) is 2.88. The molecule has 4 heteroatoms. The minimum Gasteiger partial charge on any atom is -0.349 e. The van der Waals surface area contributed by atoms with Crippen molar-refractivity contribution < 1.29 is 13.6 Å². The molecular formula is C12H15F2NO. The predicted molar refractivity (Wildman–Crippen MR) is 58.2 cm³/mol. The SMILES string of the molecule is CCCC(C)NC(=O)c1c(F)cccc1F. The molecule has 0 aromatic heterocycles. The summed E-state index contributed by atoms with van der Waals surface area (Å²) >= 11 is 0.